The highest BCUT2D eigenvalue weighted by atomic mass is 15.3. The Morgan fingerprint density at radius 2 is 1.42 bits per heavy atom. The van der Waals surface area contributed by atoms with Crippen molar-refractivity contribution in [3.63, 3.8) is 0 Å². The lowest BCUT2D eigenvalue weighted by atomic mass is 10.3. The van der Waals surface area contributed by atoms with Gasteiger partial charge in [-0.25, -0.2) is 0 Å². The monoisotopic (exact) mass is 352 g/mol. The van der Waals surface area contributed by atoms with Crippen LogP contribution in [0.5, 0.6) is 0 Å². The van der Waals surface area contributed by atoms with Gasteiger partial charge in [-0.05, 0) is 52.0 Å². The van der Waals surface area contributed by atoms with E-state index < -0.39 is 0 Å². The molecule has 0 radical (unpaired) electrons. The van der Waals surface area contributed by atoms with Crippen LogP contribution in [0.3, 0.4) is 0 Å². The van der Waals surface area contributed by atoms with Gasteiger partial charge in [-0.1, -0.05) is 6.07 Å². The molecule has 3 aromatic rings. The van der Waals surface area contributed by atoms with E-state index in [-0.39, 0.29) is 0 Å². The number of aromatic nitrogens is 5. The standard InChI is InChI=1S/C20H28N6/c1-16-13-18(3)25(22-16)11-9-24(15-20-7-5-6-8-21-20)10-12-26-19(4)14-17(2)23-26/h5-8,13-14H,9-12,15H2,1-4H3. The first-order valence-corrected chi connectivity index (χ1v) is 9.15. The summed E-state index contributed by atoms with van der Waals surface area (Å²) < 4.78 is 4.17. The van der Waals surface area contributed by atoms with Crippen LogP contribution < -0.4 is 0 Å². The second kappa shape index (κ2) is 8.27. The maximum Gasteiger partial charge on any atom is 0.0596 e. The predicted octanol–water partition coefficient (Wildman–Crippen LogP) is 2.91. The number of hydrogen-bond acceptors (Lipinski definition) is 4. The SMILES string of the molecule is Cc1cc(C)n(CCN(CCn2nc(C)cc2C)Cc2ccccn2)n1. The molecule has 0 spiro atoms. The van der Waals surface area contributed by atoms with Gasteiger partial charge >= 0.3 is 0 Å². The molecule has 0 aliphatic heterocycles. The summed E-state index contributed by atoms with van der Waals surface area (Å²) in [6.45, 7) is 12.7. The molecule has 6 nitrogen and oxygen atoms in total. The maximum atomic E-state index is 4.58. The summed E-state index contributed by atoms with van der Waals surface area (Å²) in [6.07, 6.45) is 1.86. The van der Waals surface area contributed by atoms with Crippen LogP contribution in [-0.2, 0) is 19.6 Å². The summed E-state index contributed by atoms with van der Waals surface area (Å²) >= 11 is 0. The zero-order valence-corrected chi connectivity index (χ0v) is 16.2. The van der Waals surface area contributed by atoms with Crippen LogP contribution in [0.15, 0.2) is 36.5 Å². The minimum atomic E-state index is 0.833. The normalized spacial score (nSPS) is 11.4. The molecule has 0 saturated carbocycles. The predicted molar refractivity (Wildman–Crippen MR) is 103 cm³/mol. The number of nitrogens with zero attached hydrogens (tertiary/aromatic N) is 6. The van der Waals surface area contributed by atoms with Crippen molar-refractivity contribution in [1.29, 1.82) is 0 Å². The van der Waals surface area contributed by atoms with Crippen LogP contribution in [-0.4, -0.2) is 42.5 Å². The number of rotatable bonds is 8. The Hall–Kier alpha value is -2.47. The highest BCUT2D eigenvalue weighted by molar-refractivity contribution is 5.07. The molecule has 3 aromatic heterocycles. The van der Waals surface area contributed by atoms with E-state index in [1.165, 1.54) is 11.4 Å². The molecule has 0 saturated heterocycles. The van der Waals surface area contributed by atoms with Gasteiger partial charge in [-0.15, -0.1) is 0 Å². The van der Waals surface area contributed by atoms with Gasteiger partial charge in [-0.3, -0.25) is 19.2 Å². The lowest BCUT2D eigenvalue weighted by molar-refractivity contribution is 0.233. The minimum absolute atomic E-state index is 0.833. The fourth-order valence-electron chi connectivity index (χ4n) is 3.27. The van der Waals surface area contributed by atoms with Crippen molar-refractivity contribution in [3.05, 3.63) is 65.0 Å². The van der Waals surface area contributed by atoms with Crippen LogP contribution in [0.1, 0.15) is 28.5 Å². The summed E-state index contributed by atoms with van der Waals surface area (Å²) in [7, 11) is 0. The van der Waals surface area contributed by atoms with Crippen LogP contribution in [0.2, 0.25) is 0 Å². The summed E-state index contributed by atoms with van der Waals surface area (Å²) in [5, 5.41) is 9.16. The molecule has 3 heterocycles. The number of pyridine rings is 1. The minimum Gasteiger partial charge on any atom is -0.294 e. The Labute approximate surface area is 155 Å². The highest BCUT2D eigenvalue weighted by Crippen LogP contribution is 2.07. The third-order valence-corrected chi connectivity index (χ3v) is 4.57. The summed E-state index contributed by atoms with van der Waals surface area (Å²) in [6, 6.07) is 10.3. The average Bonchev–Trinajstić information content (AvgIpc) is 3.11. The Morgan fingerprint density at radius 1 is 0.846 bits per heavy atom. The zero-order valence-electron chi connectivity index (χ0n) is 16.2. The average molecular weight is 352 g/mol. The van der Waals surface area contributed by atoms with Crippen LogP contribution >= 0.6 is 0 Å². The molecule has 3 rings (SSSR count). The lowest BCUT2D eigenvalue weighted by Crippen LogP contribution is -2.31. The van der Waals surface area contributed by atoms with Gasteiger partial charge in [0.1, 0.15) is 0 Å². The van der Waals surface area contributed by atoms with Gasteiger partial charge in [0.2, 0.25) is 0 Å². The molecular weight excluding hydrogens is 324 g/mol. The van der Waals surface area contributed by atoms with Crippen LogP contribution in [0.4, 0.5) is 0 Å². The van der Waals surface area contributed by atoms with Crippen molar-refractivity contribution in [3.8, 4) is 0 Å². The van der Waals surface area contributed by atoms with Crippen molar-refractivity contribution >= 4 is 0 Å². The fourth-order valence-corrected chi connectivity index (χ4v) is 3.27. The topological polar surface area (TPSA) is 51.8 Å². The second-order valence-electron chi connectivity index (χ2n) is 6.90. The first-order chi connectivity index (χ1) is 12.5. The molecule has 0 fully saturated rings. The zero-order chi connectivity index (χ0) is 18.5. The molecule has 0 aromatic carbocycles. The van der Waals surface area contributed by atoms with Crippen molar-refractivity contribution < 1.29 is 0 Å². The van der Waals surface area contributed by atoms with E-state index in [1.807, 2.05) is 32.2 Å². The lowest BCUT2D eigenvalue weighted by Gasteiger charge is -2.22. The van der Waals surface area contributed by atoms with Gasteiger partial charge in [0.25, 0.3) is 0 Å². The third-order valence-electron chi connectivity index (χ3n) is 4.57. The molecule has 0 N–H and O–H groups in total. The van der Waals surface area contributed by atoms with Crippen molar-refractivity contribution in [2.75, 3.05) is 13.1 Å². The van der Waals surface area contributed by atoms with Gasteiger partial charge in [-0.2, -0.15) is 10.2 Å². The molecule has 26 heavy (non-hydrogen) atoms. The summed E-state index contributed by atoms with van der Waals surface area (Å²) in [4.78, 5) is 6.91. The van der Waals surface area contributed by atoms with E-state index >= 15 is 0 Å². The fraction of sp³-hybridized carbons (Fsp3) is 0.450. The highest BCUT2D eigenvalue weighted by Gasteiger charge is 2.10. The van der Waals surface area contributed by atoms with E-state index in [0.717, 1.165) is 49.8 Å². The molecule has 0 aliphatic carbocycles. The maximum absolute atomic E-state index is 4.58. The first-order valence-electron chi connectivity index (χ1n) is 9.15. The molecule has 0 aliphatic rings. The van der Waals surface area contributed by atoms with Gasteiger partial charge in [0, 0.05) is 37.2 Å². The number of aryl methyl sites for hydroxylation is 4. The van der Waals surface area contributed by atoms with Crippen molar-refractivity contribution in [1.82, 2.24) is 29.4 Å². The smallest absolute Gasteiger partial charge is 0.0596 e. The van der Waals surface area contributed by atoms with E-state index in [1.54, 1.807) is 0 Å². The first kappa shape index (κ1) is 18.3. The van der Waals surface area contributed by atoms with E-state index in [9.17, 15) is 0 Å². The third kappa shape index (κ3) is 4.79. The Balaban J connectivity index is 1.66. The molecule has 0 bridgehead atoms. The molecular formula is C20H28N6. The van der Waals surface area contributed by atoms with Crippen molar-refractivity contribution in [2.45, 2.75) is 47.3 Å². The van der Waals surface area contributed by atoms with Crippen LogP contribution in [0, 0.1) is 27.7 Å². The molecule has 0 amide bonds. The summed E-state index contributed by atoms with van der Waals surface area (Å²) in [5.74, 6) is 0. The summed E-state index contributed by atoms with van der Waals surface area (Å²) in [5.41, 5.74) is 5.65. The van der Waals surface area contributed by atoms with E-state index in [0.29, 0.717) is 0 Å². The van der Waals surface area contributed by atoms with Gasteiger partial charge in [0.05, 0.1) is 30.2 Å². The van der Waals surface area contributed by atoms with Gasteiger partial charge < -0.3 is 0 Å². The molecule has 138 valence electrons. The molecule has 0 unspecified atom stereocenters. The Morgan fingerprint density at radius 3 is 1.85 bits per heavy atom. The van der Waals surface area contributed by atoms with Crippen molar-refractivity contribution in [2.24, 2.45) is 0 Å². The molecule has 0 atom stereocenters. The van der Waals surface area contributed by atoms with E-state index in [2.05, 4.69) is 61.5 Å². The van der Waals surface area contributed by atoms with E-state index in [4.69, 9.17) is 0 Å². The number of hydrogen-bond donors (Lipinski definition) is 0. The Bertz CT molecular complexity index is 783. The molecule has 6 heteroatoms. The Kier molecular flexibility index (Phi) is 5.83. The second-order valence-corrected chi connectivity index (χ2v) is 6.90. The quantitative estimate of drug-likeness (QED) is 0.625. The van der Waals surface area contributed by atoms with Crippen LogP contribution in [0.25, 0.3) is 0 Å². The van der Waals surface area contributed by atoms with Gasteiger partial charge in [0.15, 0.2) is 0 Å². The largest absolute Gasteiger partial charge is 0.294 e.